The molecule has 1 heterocycles. The van der Waals surface area contributed by atoms with Crippen LogP contribution in [0.5, 0.6) is 11.5 Å². The van der Waals surface area contributed by atoms with E-state index in [0.717, 1.165) is 16.5 Å². The molecule has 1 N–H and O–H groups in total. The van der Waals surface area contributed by atoms with Crippen molar-refractivity contribution in [2.45, 2.75) is 26.8 Å². The predicted molar refractivity (Wildman–Crippen MR) is 106 cm³/mol. The number of hydrogen-bond acceptors (Lipinski definition) is 4. The SMILES string of the molecule is CCOc1ccc(C(C)NC(=O)c2ccc3ccccc3n2)cc1OCC. The maximum atomic E-state index is 12.6. The van der Waals surface area contributed by atoms with Crippen LogP contribution >= 0.6 is 0 Å². The first-order chi connectivity index (χ1) is 13.1. The Hall–Kier alpha value is -3.08. The first-order valence-electron chi connectivity index (χ1n) is 9.18. The van der Waals surface area contributed by atoms with Gasteiger partial charge < -0.3 is 14.8 Å². The smallest absolute Gasteiger partial charge is 0.270 e. The summed E-state index contributed by atoms with van der Waals surface area (Å²) in [5.41, 5.74) is 2.14. The van der Waals surface area contributed by atoms with Crippen molar-refractivity contribution in [1.29, 1.82) is 0 Å². The molecule has 0 aliphatic rings. The molecule has 0 aliphatic carbocycles. The van der Waals surface area contributed by atoms with E-state index in [9.17, 15) is 4.79 Å². The number of para-hydroxylation sites is 1. The highest BCUT2D eigenvalue weighted by Crippen LogP contribution is 2.30. The molecule has 2 aromatic carbocycles. The summed E-state index contributed by atoms with van der Waals surface area (Å²) in [6.45, 7) is 6.91. The van der Waals surface area contributed by atoms with Crippen LogP contribution in [0.4, 0.5) is 0 Å². The first-order valence-corrected chi connectivity index (χ1v) is 9.18. The number of carbonyl (C=O) groups is 1. The van der Waals surface area contributed by atoms with E-state index >= 15 is 0 Å². The molecular formula is C22H24N2O3. The average Bonchev–Trinajstić information content (AvgIpc) is 2.69. The molecule has 0 radical (unpaired) electrons. The predicted octanol–water partition coefficient (Wildman–Crippen LogP) is 4.52. The van der Waals surface area contributed by atoms with Crippen LogP contribution in [0.15, 0.2) is 54.6 Å². The zero-order chi connectivity index (χ0) is 19.2. The summed E-state index contributed by atoms with van der Waals surface area (Å²) in [7, 11) is 0. The molecule has 5 nitrogen and oxygen atoms in total. The van der Waals surface area contributed by atoms with Crippen LogP contribution in [-0.2, 0) is 0 Å². The number of aromatic nitrogens is 1. The Morgan fingerprint density at radius 3 is 2.52 bits per heavy atom. The van der Waals surface area contributed by atoms with E-state index in [1.165, 1.54) is 0 Å². The standard InChI is InChI=1S/C22H24N2O3/c1-4-26-20-13-11-17(14-21(20)27-5-2)15(3)23-22(25)19-12-10-16-8-6-7-9-18(16)24-19/h6-15H,4-5H2,1-3H3,(H,23,25). The number of carbonyl (C=O) groups excluding carboxylic acids is 1. The monoisotopic (exact) mass is 364 g/mol. The van der Waals surface area contributed by atoms with Gasteiger partial charge in [-0.2, -0.15) is 0 Å². The Balaban J connectivity index is 1.77. The second kappa shape index (κ2) is 8.54. The largest absolute Gasteiger partial charge is 0.490 e. The summed E-state index contributed by atoms with van der Waals surface area (Å²) in [6.07, 6.45) is 0. The number of ether oxygens (including phenoxy) is 2. The molecule has 3 aromatic rings. The summed E-state index contributed by atoms with van der Waals surface area (Å²) in [5.74, 6) is 1.18. The number of amides is 1. The van der Waals surface area contributed by atoms with Gasteiger partial charge in [-0.3, -0.25) is 4.79 Å². The van der Waals surface area contributed by atoms with Gasteiger partial charge >= 0.3 is 0 Å². The van der Waals surface area contributed by atoms with Crippen molar-refractivity contribution in [3.8, 4) is 11.5 Å². The summed E-state index contributed by atoms with van der Waals surface area (Å²) in [6, 6.07) is 16.9. The number of nitrogens with one attached hydrogen (secondary N) is 1. The number of benzene rings is 2. The number of pyridine rings is 1. The van der Waals surface area contributed by atoms with Crippen molar-refractivity contribution in [3.05, 3.63) is 65.9 Å². The fourth-order valence-electron chi connectivity index (χ4n) is 2.88. The van der Waals surface area contributed by atoms with Crippen LogP contribution in [0.1, 0.15) is 42.9 Å². The van der Waals surface area contributed by atoms with Crippen LogP contribution in [-0.4, -0.2) is 24.1 Å². The highest BCUT2D eigenvalue weighted by molar-refractivity contribution is 5.95. The zero-order valence-electron chi connectivity index (χ0n) is 15.9. The molecule has 0 aliphatic heterocycles. The van der Waals surface area contributed by atoms with E-state index in [-0.39, 0.29) is 11.9 Å². The van der Waals surface area contributed by atoms with Crippen LogP contribution in [0, 0.1) is 0 Å². The number of rotatable bonds is 7. The van der Waals surface area contributed by atoms with Gasteiger partial charge in [0.1, 0.15) is 5.69 Å². The van der Waals surface area contributed by atoms with Crippen molar-refractivity contribution in [2.24, 2.45) is 0 Å². The Morgan fingerprint density at radius 1 is 1.00 bits per heavy atom. The van der Waals surface area contributed by atoms with Crippen molar-refractivity contribution in [3.63, 3.8) is 0 Å². The highest BCUT2D eigenvalue weighted by Gasteiger charge is 2.15. The van der Waals surface area contributed by atoms with Gasteiger partial charge in [0.15, 0.2) is 11.5 Å². The lowest BCUT2D eigenvalue weighted by atomic mass is 10.1. The summed E-state index contributed by atoms with van der Waals surface area (Å²) in [4.78, 5) is 17.1. The van der Waals surface area contributed by atoms with Crippen molar-refractivity contribution < 1.29 is 14.3 Å². The molecule has 1 aromatic heterocycles. The molecular weight excluding hydrogens is 340 g/mol. The molecule has 0 bridgehead atoms. The maximum Gasteiger partial charge on any atom is 0.270 e. The van der Waals surface area contributed by atoms with E-state index in [0.29, 0.717) is 30.4 Å². The molecule has 0 saturated heterocycles. The van der Waals surface area contributed by atoms with Gasteiger partial charge in [-0.1, -0.05) is 30.3 Å². The van der Waals surface area contributed by atoms with E-state index in [2.05, 4.69) is 10.3 Å². The van der Waals surface area contributed by atoms with E-state index < -0.39 is 0 Å². The molecule has 5 heteroatoms. The molecule has 1 amide bonds. The van der Waals surface area contributed by atoms with Crippen molar-refractivity contribution in [2.75, 3.05) is 13.2 Å². The van der Waals surface area contributed by atoms with Crippen LogP contribution in [0.25, 0.3) is 10.9 Å². The van der Waals surface area contributed by atoms with Gasteiger partial charge in [0, 0.05) is 5.39 Å². The fraction of sp³-hybridized carbons (Fsp3) is 0.273. The van der Waals surface area contributed by atoms with Gasteiger partial charge in [-0.05, 0) is 50.6 Å². The van der Waals surface area contributed by atoms with Gasteiger partial charge in [0.2, 0.25) is 0 Å². The number of hydrogen-bond donors (Lipinski definition) is 1. The topological polar surface area (TPSA) is 60.5 Å². The highest BCUT2D eigenvalue weighted by atomic mass is 16.5. The first kappa shape index (κ1) is 18.7. The van der Waals surface area contributed by atoms with Gasteiger partial charge in [0.25, 0.3) is 5.91 Å². The number of nitrogens with zero attached hydrogens (tertiary/aromatic N) is 1. The van der Waals surface area contributed by atoms with Crippen LogP contribution < -0.4 is 14.8 Å². The normalized spacial score (nSPS) is 11.8. The van der Waals surface area contributed by atoms with Crippen molar-refractivity contribution >= 4 is 16.8 Å². The second-order valence-electron chi connectivity index (χ2n) is 6.16. The molecule has 0 spiro atoms. The lowest BCUT2D eigenvalue weighted by molar-refractivity contribution is 0.0935. The summed E-state index contributed by atoms with van der Waals surface area (Å²) >= 11 is 0. The van der Waals surface area contributed by atoms with Crippen LogP contribution in [0.3, 0.4) is 0 Å². The third kappa shape index (κ3) is 4.37. The lowest BCUT2D eigenvalue weighted by Crippen LogP contribution is -2.27. The molecule has 27 heavy (non-hydrogen) atoms. The third-order valence-electron chi connectivity index (χ3n) is 4.25. The third-order valence-corrected chi connectivity index (χ3v) is 4.25. The molecule has 0 fully saturated rings. The molecule has 1 unspecified atom stereocenters. The second-order valence-corrected chi connectivity index (χ2v) is 6.16. The Bertz CT molecular complexity index is 940. The quantitative estimate of drug-likeness (QED) is 0.669. The Morgan fingerprint density at radius 2 is 1.74 bits per heavy atom. The average molecular weight is 364 g/mol. The summed E-state index contributed by atoms with van der Waals surface area (Å²) < 4.78 is 11.3. The van der Waals surface area contributed by atoms with Gasteiger partial charge in [-0.25, -0.2) is 4.98 Å². The zero-order valence-corrected chi connectivity index (χ0v) is 15.9. The minimum atomic E-state index is -0.208. The minimum absolute atomic E-state index is 0.194. The minimum Gasteiger partial charge on any atom is -0.490 e. The van der Waals surface area contributed by atoms with Crippen molar-refractivity contribution in [1.82, 2.24) is 10.3 Å². The van der Waals surface area contributed by atoms with E-state index in [1.807, 2.05) is 69.3 Å². The number of fused-ring (bicyclic) bond motifs is 1. The maximum absolute atomic E-state index is 12.6. The lowest BCUT2D eigenvalue weighted by Gasteiger charge is -2.17. The Kier molecular flexibility index (Phi) is 5.91. The fourth-order valence-corrected chi connectivity index (χ4v) is 2.88. The summed E-state index contributed by atoms with van der Waals surface area (Å²) in [5, 5.41) is 4.01. The molecule has 3 rings (SSSR count). The Labute approximate surface area is 159 Å². The molecule has 140 valence electrons. The van der Waals surface area contributed by atoms with Crippen LogP contribution in [0.2, 0.25) is 0 Å². The van der Waals surface area contributed by atoms with E-state index in [1.54, 1.807) is 6.07 Å². The van der Waals surface area contributed by atoms with Gasteiger partial charge in [0.05, 0.1) is 24.8 Å². The molecule has 1 atom stereocenters. The molecule has 0 saturated carbocycles. The van der Waals surface area contributed by atoms with Gasteiger partial charge in [-0.15, -0.1) is 0 Å². The van der Waals surface area contributed by atoms with E-state index in [4.69, 9.17) is 9.47 Å².